The molecule has 1 radical (unpaired) electrons. The first-order valence-corrected chi connectivity index (χ1v) is 20.4. The summed E-state index contributed by atoms with van der Waals surface area (Å²) in [4.78, 5) is 80.2. The summed E-state index contributed by atoms with van der Waals surface area (Å²) in [7, 11) is 0. The van der Waals surface area contributed by atoms with Crippen LogP contribution in [0.1, 0.15) is 82.9 Å². The van der Waals surface area contributed by atoms with Crippen LogP contribution in [0.5, 0.6) is 46.0 Å². The van der Waals surface area contributed by atoms with Crippen molar-refractivity contribution in [2.45, 2.75) is 0 Å². The molecular weight excluding hydrogens is 1300 g/mol. The second kappa shape index (κ2) is 44.1. The van der Waals surface area contributed by atoms with Crippen molar-refractivity contribution in [1.82, 2.24) is 0 Å². The molecule has 0 atom stereocenters. The van der Waals surface area contributed by atoms with Crippen molar-refractivity contribution in [2.75, 3.05) is 0 Å². The summed E-state index contributed by atoms with van der Waals surface area (Å²) in [6.45, 7) is 0. The number of aldehydes is 8. The molecule has 0 spiro atoms. The maximum atomic E-state index is 10.6. The number of carbonyl (C=O) groups is 8. The molecule has 8 aromatic rings. The molecule has 0 amide bonds. The third-order valence-electron chi connectivity index (χ3n) is 8.37. The summed E-state index contributed by atoms with van der Waals surface area (Å²) >= 11 is 0. The maximum absolute atomic E-state index is 10.6. The van der Waals surface area contributed by atoms with Crippen LogP contribution < -0.4 is 40.9 Å². The summed E-state index contributed by atoms with van der Waals surface area (Å²) in [5.74, 6) is -1.72. The third-order valence-corrected chi connectivity index (χ3v) is 8.37. The van der Waals surface area contributed by atoms with E-state index in [9.17, 15) is 79.2 Å². The quantitative estimate of drug-likeness (QED) is 0.148. The van der Waals surface area contributed by atoms with Crippen LogP contribution in [0.3, 0.4) is 0 Å². The van der Waals surface area contributed by atoms with Crippen LogP contribution in [0.4, 0.5) is 0 Å². The third kappa shape index (κ3) is 29.8. The fourth-order valence-electron chi connectivity index (χ4n) is 4.62. The first kappa shape index (κ1) is 71.9. The molecule has 16 nitrogen and oxygen atoms in total. The molecule has 8 aromatic carbocycles. The van der Waals surface area contributed by atoms with E-state index in [1.807, 2.05) is 0 Å². The van der Waals surface area contributed by atoms with Crippen LogP contribution in [-0.2, 0) is 17.1 Å². The zero-order valence-corrected chi connectivity index (χ0v) is 44.1. The van der Waals surface area contributed by atoms with Gasteiger partial charge in [0, 0.05) is 83.1 Å². The molecule has 0 bridgehead atoms. The maximum Gasteiger partial charge on any atom is 3.00 e. The van der Waals surface area contributed by atoms with Gasteiger partial charge in [-0.1, -0.05) is 240 Å². The van der Waals surface area contributed by atoms with E-state index in [1.54, 1.807) is 97.1 Å². The molecule has 387 valence electrons. The van der Waals surface area contributed by atoms with Crippen LogP contribution >= 0.6 is 0 Å². The van der Waals surface area contributed by atoms with E-state index in [2.05, 4.69) is 0 Å². The molecule has 0 N–H and O–H groups in total. The zero-order valence-electron chi connectivity index (χ0n) is 38.7. The summed E-state index contributed by atoms with van der Waals surface area (Å²) in [5.41, 5.74) is 1.76. The van der Waals surface area contributed by atoms with E-state index in [1.165, 1.54) is 97.1 Å². The van der Waals surface area contributed by atoms with Gasteiger partial charge >= 0.3 is 55.7 Å². The topological polar surface area (TPSA) is 321 Å². The molecule has 0 saturated heterocycles. The Bertz CT molecular complexity index is 2360. The minimum absolute atomic E-state index is 0. The number of rotatable bonds is 8. The van der Waals surface area contributed by atoms with E-state index in [0.717, 1.165) is 0 Å². The van der Waals surface area contributed by atoms with Crippen LogP contribution in [0.25, 0.3) is 0 Å². The first-order valence-electron chi connectivity index (χ1n) is 20.4. The second-order valence-corrected chi connectivity index (χ2v) is 13.2. The van der Waals surface area contributed by atoms with Gasteiger partial charge in [0.05, 0.1) is 0 Å². The molecule has 0 saturated carbocycles. The van der Waals surface area contributed by atoms with Crippen molar-refractivity contribution in [2.24, 2.45) is 0 Å². The van der Waals surface area contributed by atoms with Crippen LogP contribution in [0.15, 0.2) is 194 Å². The Morgan fingerprint density at radius 1 is 0.200 bits per heavy atom. The summed E-state index contributed by atoms with van der Waals surface area (Å²) in [5, 5.41) is 85.0. The molecule has 0 aromatic heterocycles. The zero-order chi connectivity index (χ0) is 53.5. The van der Waals surface area contributed by atoms with Crippen molar-refractivity contribution in [3.63, 3.8) is 0 Å². The Hall–Kier alpha value is -7.39. The molecule has 8 rings (SSSR count). The molecule has 0 heterocycles. The molecule has 0 unspecified atom stereocenters. The van der Waals surface area contributed by atoms with Gasteiger partial charge in [0.15, 0.2) is 0 Å². The van der Waals surface area contributed by atoms with Crippen molar-refractivity contribution in [1.29, 1.82) is 0 Å². The average molecular weight is 1340 g/mol. The Kier molecular flexibility index (Phi) is 42.3. The van der Waals surface area contributed by atoms with Gasteiger partial charge in [-0.05, 0) is 0 Å². The Balaban J connectivity index is -0.000000785. The summed E-state index contributed by atoms with van der Waals surface area (Å²) < 4.78 is 0. The fourth-order valence-corrected chi connectivity index (χ4v) is 4.62. The van der Waals surface area contributed by atoms with Crippen molar-refractivity contribution >= 4 is 50.3 Å². The normalized spacial score (nSPS) is 8.53. The van der Waals surface area contributed by atoms with Gasteiger partial charge in [-0.3, -0.25) is 38.4 Å². The Morgan fingerprint density at radius 3 is 0.333 bits per heavy atom. The van der Waals surface area contributed by atoms with E-state index < -0.39 is 0 Å². The average Bonchev–Trinajstić information content (AvgIpc) is 3.41. The van der Waals surface area contributed by atoms with Crippen LogP contribution in [0, 0.1) is 77.2 Å². The fraction of sp³-hybridized carbons (Fsp3) is 0. The summed E-state index contributed by atoms with van der Waals surface area (Å²) in [6, 6.07) is 49.0. The molecule has 75 heavy (non-hydrogen) atoms. The van der Waals surface area contributed by atoms with E-state index in [0.29, 0.717) is 50.3 Å². The van der Waals surface area contributed by atoms with Crippen LogP contribution in [-0.4, -0.2) is 50.3 Å². The summed E-state index contributed by atoms with van der Waals surface area (Å²) in [6.07, 6.45) is 4.46. The molecule has 0 fully saturated rings. The number of hydrogen-bond acceptors (Lipinski definition) is 16. The van der Waals surface area contributed by atoms with E-state index in [4.69, 9.17) is 0 Å². The second-order valence-electron chi connectivity index (χ2n) is 13.2. The molecular formula is C56H40MnO16Tb2-2. The first-order chi connectivity index (χ1) is 34.7. The Labute approximate surface area is 503 Å². The van der Waals surface area contributed by atoms with Crippen molar-refractivity contribution in [3.05, 3.63) is 239 Å². The molecule has 0 aliphatic heterocycles. The monoisotopic (exact) mass is 1340 g/mol. The number of hydrogen-bond donors (Lipinski definition) is 0. The number of para-hydroxylation sites is 8. The number of carbonyl (C=O) groups excluding carboxylic acids is 8. The molecule has 0 aliphatic rings. The van der Waals surface area contributed by atoms with Gasteiger partial charge in [-0.15, -0.1) is 0 Å². The van der Waals surface area contributed by atoms with Gasteiger partial charge < -0.3 is 40.9 Å². The van der Waals surface area contributed by atoms with E-state index in [-0.39, 0.29) is 185 Å². The smallest absolute Gasteiger partial charge is 0.872 e. The van der Waals surface area contributed by atoms with Crippen LogP contribution in [0.2, 0.25) is 0 Å². The van der Waals surface area contributed by atoms with Crippen molar-refractivity contribution < 1.29 is 174 Å². The standard InChI is InChI=1S/8C7H6O2.Mn.2Tb/c8*8-5-6-3-1-2-4-7(6)9;;;/h8*1-5,9H;;;/q;;;;;;;;+3;;+3/p-8. The van der Waals surface area contributed by atoms with Gasteiger partial charge in [-0.2, -0.15) is 0 Å². The predicted molar refractivity (Wildman–Crippen MR) is 250 cm³/mol. The van der Waals surface area contributed by atoms with Gasteiger partial charge in [0.25, 0.3) is 0 Å². The molecule has 0 aliphatic carbocycles. The minimum Gasteiger partial charge on any atom is -0.872 e. The largest absolute Gasteiger partial charge is 3.00 e. The number of benzene rings is 8. The predicted octanol–water partition coefficient (Wildman–Crippen LogP) is 4.58. The molecule has 19 heteroatoms. The van der Waals surface area contributed by atoms with Gasteiger partial charge in [0.1, 0.15) is 50.3 Å². The van der Waals surface area contributed by atoms with Gasteiger partial charge in [0.2, 0.25) is 0 Å². The van der Waals surface area contributed by atoms with Gasteiger partial charge in [-0.25, -0.2) is 0 Å². The van der Waals surface area contributed by atoms with E-state index >= 15 is 0 Å². The SMILES string of the molecule is O=Cc1ccccc1[O-].O=Cc1ccccc1[O-].O=Cc1ccccc1[O-].O=Cc1ccccc1[O-].O=Cc1ccccc1[O-].O=Cc1ccccc1[O-].O=Cc1ccccc1[O-].O=Cc1ccccc1[O-].[Mn+3].[Tb+3].[Tb]. The Morgan fingerprint density at radius 2 is 0.280 bits per heavy atom. The minimum atomic E-state index is -0.215. The van der Waals surface area contributed by atoms with Crippen molar-refractivity contribution in [3.8, 4) is 46.0 Å².